The van der Waals surface area contributed by atoms with Crippen molar-refractivity contribution in [2.45, 2.75) is 52.6 Å². The van der Waals surface area contributed by atoms with Gasteiger partial charge in [-0.15, -0.1) is 0 Å². The Morgan fingerprint density at radius 3 is 2.88 bits per heavy atom. The predicted octanol–water partition coefficient (Wildman–Crippen LogP) is 3.37. The van der Waals surface area contributed by atoms with Crippen LogP contribution in [0.4, 0.5) is 0 Å². The summed E-state index contributed by atoms with van der Waals surface area (Å²) in [5, 5.41) is 8.78. The van der Waals surface area contributed by atoms with E-state index >= 15 is 0 Å². The van der Waals surface area contributed by atoms with Crippen LogP contribution in [-0.2, 0) is 6.54 Å². The van der Waals surface area contributed by atoms with Gasteiger partial charge in [-0.05, 0) is 46.2 Å². The topological polar surface area (TPSA) is 59.5 Å². The van der Waals surface area contributed by atoms with Crippen molar-refractivity contribution >= 4 is 5.65 Å². The van der Waals surface area contributed by atoms with E-state index < -0.39 is 0 Å². The lowest BCUT2D eigenvalue weighted by Crippen LogP contribution is -2.33. The summed E-state index contributed by atoms with van der Waals surface area (Å²) in [5.74, 6) is 0.874. The first-order valence-electron chi connectivity index (χ1n) is 8.60. The van der Waals surface area contributed by atoms with E-state index in [2.05, 4.69) is 34.2 Å². The number of likely N-dealkylation sites (tertiary alicyclic amines) is 1. The van der Waals surface area contributed by atoms with Crippen LogP contribution >= 0.6 is 0 Å². The highest BCUT2D eigenvalue weighted by atomic mass is 16.5. The van der Waals surface area contributed by atoms with Crippen LogP contribution in [0.15, 0.2) is 22.9 Å². The van der Waals surface area contributed by atoms with Gasteiger partial charge in [0.15, 0.2) is 5.65 Å². The van der Waals surface area contributed by atoms with Crippen molar-refractivity contribution in [2.75, 3.05) is 6.54 Å². The highest BCUT2D eigenvalue weighted by molar-refractivity contribution is 5.48. The van der Waals surface area contributed by atoms with Gasteiger partial charge >= 0.3 is 0 Å². The molecule has 4 rings (SSSR count). The lowest BCUT2D eigenvalue weighted by molar-refractivity contribution is 0.134. The van der Waals surface area contributed by atoms with Gasteiger partial charge in [-0.1, -0.05) is 11.6 Å². The Morgan fingerprint density at radius 1 is 1.21 bits per heavy atom. The van der Waals surface area contributed by atoms with Crippen LogP contribution in [0.5, 0.6) is 0 Å². The molecule has 0 spiro atoms. The molecule has 24 heavy (non-hydrogen) atoms. The highest BCUT2D eigenvalue weighted by Gasteiger charge is 2.27. The second kappa shape index (κ2) is 6.02. The maximum Gasteiger partial charge on any atom is 0.159 e. The van der Waals surface area contributed by atoms with Crippen molar-refractivity contribution in [3.05, 3.63) is 46.7 Å². The molecule has 0 amide bonds. The van der Waals surface area contributed by atoms with E-state index in [1.54, 1.807) is 0 Å². The van der Waals surface area contributed by atoms with Gasteiger partial charge in [-0.25, -0.2) is 9.50 Å². The monoisotopic (exact) mass is 325 g/mol. The average molecular weight is 325 g/mol. The van der Waals surface area contributed by atoms with Gasteiger partial charge in [0.05, 0.1) is 12.2 Å². The molecule has 6 nitrogen and oxygen atoms in total. The number of aryl methyl sites for hydroxylation is 3. The third-order valence-corrected chi connectivity index (χ3v) is 4.83. The second-order valence-electron chi connectivity index (χ2n) is 6.79. The molecule has 1 saturated heterocycles. The van der Waals surface area contributed by atoms with Gasteiger partial charge in [0, 0.05) is 29.6 Å². The van der Waals surface area contributed by atoms with Gasteiger partial charge in [0.2, 0.25) is 0 Å². The van der Waals surface area contributed by atoms with Gasteiger partial charge in [0.25, 0.3) is 0 Å². The highest BCUT2D eigenvalue weighted by Crippen LogP contribution is 2.32. The second-order valence-corrected chi connectivity index (χ2v) is 6.79. The lowest BCUT2D eigenvalue weighted by atomic mass is 9.98. The van der Waals surface area contributed by atoms with E-state index in [0.29, 0.717) is 6.04 Å². The van der Waals surface area contributed by atoms with E-state index in [-0.39, 0.29) is 0 Å². The number of hydrogen-bond donors (Lipinski definition) is 0. The Hall–Kier alpha value is -2.21. The van der Waals surface area contributed by atoms with E-state index in [9.17, 15) is 0 Å². The number of hydrogen-bond acceptors (Lipinski definition) is 5. The number of piperidine rings is 1. The molecule has 1 aliphatic heterocycles. The van der Waals surface area contributed by atoms with E-state index in [0.717, 1.165) is 48.0 Å². The Labute approximate surface area is 141 Å². The molecular weight excluding hydrogens is 302 g/mol. The van der Waals surface area contributed by atoms with Gasteiger partial charge in [-0.2, -0.15) is 5.10 Å². The molecule has 1 atom stereocenters. The largest absolute Gasteiger partial charge is 0.361 e. The summed E-state index contributed by atoms with van der Waals surface area (Å²) < 4.78 is 7.23. The quantitative estimate of drug-likeness (QED) is 0.739. The summed E-state index contributed by atoms with van der Waals surface area (Å²) in [4.78, 5) is 7.19. The first kappa shape index (κ1) is 15.3. The Bertz CT molecular complexity index is 866. The number of fused-ring (bicyclic) bond motifs is 1. The van der Waals surface area contributed by atoms with E-state index in [1.165, 1.54) is 18.4 Å². The molecule has 0 radical (unpaired) electrons. The molecule has 1 fully saturated rings. The molecule has 0 aromatic carbocycles. The molecule has 3 aromatic heterocycles. The van der Waals surface area contributed by atoms with Crippen LogP contribution in [0.1, 0.15) is 53.7 Å². The molecule has 0 unspecified atom stereocenters. The molecular formula is C18H23N5O. The Kier molecular flexibility index (Phi) is 3.84. The predicted molar refractivity (Wildman–Crippen MR) is 90.7 cm³/mol. The van der Waals surface area contributed by atoms with Crippen LogP contribution in [0.25, 0.3) is 5.65 Å². The molecule has 0 saturated carbocycles. The summed E-state index contributed by atoms with van der Waals surface area (Å²) in [5.41, 5.74) is 5.33. The Morgan fingerprint density at radius 2 is 2.08 bits per heavy atom. The smallest absolute Gasteiger partial charge is 0.159 e. The van der Waals surface area contributed by atoms with Crippen LogP contribution < -0.4 is 0 Å². The van der Waals surface area contributed by atoms with Crippen LogP contribution in [0.2, 0.25) is 0 Å². The van der Waals surface area contributed by atoms with E-state index in [1.807, 2.05) is 24.6 Å². The molecule has 0 bridgehead atoms. The van der Waals surface area contributed by atoms with Crippen molar-refractivity contribution in [3.63, 3.8) is 0 Å². The number of nitrogens with zero attached hydrogens (tertiary/aromatic N) is 5. The minimum Gasteiger partial charge on any atom is -0.361 e. The SMILES string of the molecule is Cc1cc(C)n2ncc(CN3CCCC[C@H]3c3cc(C)on3)c2n1. The maximum absolute atomic E-state index is 5.30. The zero-order chi connectivity index (χ0) is 16.7. The van der Waals surface area contributed by atoms with Crippen molar-refractivity contribution in [3.8, 4) is 0 Å². The molecule has 0 aliphatic carbocycles. The molecule has 4 heterocycles. The van der Waals surface area contributed by atoms with Crippen LogP contribution in [-0.4, -0.2) is 31.2 Å². The van der Waals surface area contributed by atoms with Gasteiger partial charge in [-0.3, -0.25) is 4.90 Å². The minimum atomic E-state index is 0.317. The summed E-state index contributed by atoms with van der Waals surface area (Å²) in [6, 6.07) is 4.44. The minimum absolute atomic E-state index is 0.317. The van der Waals surface area contributed by atoms with E-state index in [4.69, 9.17) is 9.51 Å². The van der Waals surface area contributed by atoms with Crippen molar-refractivity contribution in [1.29, 1.82) is 0 Å². The van der Waals surface area contributed by atoms with Crippen LogP contribution in [0.3, 0.4) is 0 Å². The summed E-state index contributed by atoms with van der Waals surface area (Å²) in [6.07, 6.45) is 5.53. The summed E-state index contributed by atoms with van der Waals surface area (Å²) >= 11 is 0. The molecule has 126 valence electrons. The standard InChI is InChI=1S/C18H23N5O/c1-12-8-13(2)23-18(20-12)15(10-19-23)11-22-7-5-4-6-17(22)16-9-14(3)24-21-16/h8-10,17H,4-7,11H2,1-3H3/t17-/m0/s1. The van der Waals surface area contributed by atoms with Gasteiger partial charge < -0.3 is 4.52 Å². The normalized spacial score (nSPS) is 19.2. The third-order valence-electron chi connectivity index (χ3n) is 4.83. The van der Waals surface area contributed by atoms with Crippen molar-refractivity contribution in [2.24, 2.45) is 0 Å². The zero-order valence-corrected chi connectivity index (χ0v) is 14.5. The molecule has 6 heteroatoms. The fourth-order valence-electron chi connectivity index (χ4n) is 3.70. The maximum atomic E-state index is 5.30. The van der Waals surface area contributed by atoms with Gasteiger partial charge in [0.1, 0.15) is 11.5 Å². The summed E-state index contributed by atoms with van der Waals surface area (Å²) in [7, 11) is 0. The van der Waals surface area contributed by atoms with Crippen LogP contribution in [0, 0.1) is 20.8 Å². The number of aromatic nitrogens is 4. The zero-order valence-electron chi connectivity index (χ0n) is 14.5. The average Bonchev–Trinajstić information content (AvgIpc) is 3.15. The first-order valence-corrected chi connectivity index (χ1v) is 8.60. The third kappa shape index (κ3) is 2.71. The first-order chi connectivity index (χ1) is 11.6. The molecule has 0 N–H and O–H groups in total. The van der Waals surface area contributed by atoms with Crippen molar-refractivity contribution < 1.29 is 4.52 Å². The lowest BCUT2D eigenvalue weighted by Gasteiger charge is -2.34. The van der Waals surface area contributed by atoms with Crippen molar-refractivity contribution in [1.82, 2.24) is 24.7 Å². The summed E-state index contributed by atoms with van der Waals surface area (Å²) in [6.45, 7) is 7.96. The Balaban J connectivity index is 1.66. The number of rotatable bonds is 3. The molecule has 1 aliphatic rings. The fourth-order valence-corrected chi connectivity index (χ4v) is 3.70. The molecule has 3 aromatic rings. The fraction of sp³-hybridized carbons (Fsp3) is 0.500.